The summed E-state index contributed by atoms with van der Waals surface area (Å²) in [6, 6.07) is 4.60. The summed E-state index contributed by atoms with van der Waals surface area (Å²) in [4.78, 5) is 11.5. The molecule has 1 atom stereocenters. The van der Waals surface area contributed by atoms with Gasteiger partial charge in [-0.1, -0.05) is 25.5 Å². The van der Waals surface area contributed by atoms with E-state index in [2.05, 4.69) is 17.6 Å². The molecule has 1 aromatic carbocycles. The molecule has 0 aliphatic rings. The van der Waals surface area contributed by atoms with E-state index in [1.54, 1.807) is 13.0 Å². The molecule has 0 radical (unpaired) electrons. The van der Waals surface area contributed by atoms with Crippen LogP contribution in [-0.4, -0.2) is 12.6 Å². The number of carbonyl (C=O) groups is 1. The van der Waals surface area contributed by atoms with Gasteiger partial charge in [0.1, 0.15) is 5.82 Å². The van der Waals surface area contributed by atoms with Crippen LogP contribution < -0.4 is 10.6 Å². The normalized spacial score (nSPS) is 12.0. The van der Waals surface area contributed by atoms with E-state index in [0.29, 0.717) is 12.1 Å². The maximum Gasteiger partial charge on any atom is 0.315 e. The molecule has 0 aliphatic heterocycles. The number of urea groups is 1. The Bertz CT molecular complexity index is 407. The van der Waals surface area contributed by atoms with Crippen molar-refractivity contribution in [2.45, 2.75) is 39.7 Å². The van der Waals surface area contributed by atoms with Crippen LogP contribution in [0.3, 0.4) is 0 Å². The second kappa shape index (κ2) is 6.99. The zero-order valence-corrected chi connectivity index (χ0v) is 11.2. The molecule has 3 nitrogen and oxygen atoms in total. The van der Waals surface area contributed by atoms with Crippen molar-refractivity contribution < 1.29 is 9.18 Å². The topological polar surface area (TPSA) is 41.1 Å². The Morgan fingerprint density at radius 3 is 2.78 bits per heavy atom. The van der Waals surface area contributed by atoms with Gasteiger partial charge < -0.3 is 10.6 Å². The van der Waals surface area contributed by atoms with Gasteiger partial charge in [0, 0.05) is 6.54 Å². The van der Waals surface area contributed by atoms with Crippen LogP contribution in [0.4, 0.5) is 9.18 Å². The molecule has 1 unspecified atom stereocenters. The number of aryl methyl sites for hydroxylation is 1. The van der Waals surface area contributed by atoms with Crippen LogP contribution >= 0.6 is 0 Å². The van der Waals surface area contributed by atoms with Crippen molar-refractivity contribution in [3.8, 4) is 0 Å². The van der Waals surface area contributed by atoms with Crippen LogP contribution in [0.15, 0.2) is 18.2 Å². The van der Waals surface area contributed by atoms with Crippen molar-refractivity contribution in [1.29, 1.82) is 0 Å². The highest BCUT2D eigenvalue weighted by atomic mass is 19.1. The molecule has 0 aliphatic carbocycles. The lowest BCUT2D eigenvalue weighted by atomic mass is 10.1. The first kappa shape index (κ1) is 14.5. The third-order valence-corrected chi connectivity index (χ3v) is 2.86. The lowest BCUT2D eigenvalue weighted by molar-refractivity contribution is 0.237. The Morgan fingerprint density at radius 2 is 2.17 bits per heavy atom. The predicted octanol–water partition coefficient (Wildman–Crippen LogP) is 3.29. The van der Waals surface area contributed by atoms with Gasteiger partial charge in [-0.3, -0.25) is 0 Å². The lowest BCUT2D eigenvalue weighted by Gasteiger charge is -2.15. The van der Waals surface area contributed by atoms with E-state index < -0.39 is 0 Å². The molecule has 0 heterocycles. The molecule has 0 saturated carbocycles. The molecule has 18 heavy (non-hydrogen) atoms. The fraction of sp³-hybridized carbons (Fsp3) is 0.500. The molecule has 0 saturated heterocycles. The smallest absolute Gasteiger partial charge is 0.315 e. The molecule has 100 valence electrons. The Morgan fingerprint density at radius 1 is 1.44 bits per heavy atom. The highest BCUT2D eigenvalue weighted by molar-refractivity contribution is 5.74. The second-order valence-electron chi connectivity index (χ2n) is 4.48. The SMILES string of the molecule is CCCCNC(=O)NC(C)c1ccc(C)c(F)c1. The molecule has 1 aromatic rings. The average molecular weight is 252 g/mol. The van der Waals surface area contributed by atoms with Gasteiger partial charge in [0.2, 0.25) is 0 Å². The number of hydrogen-bond donors (Lipinski definition) is 2. The van der Waals surface area contributed by atoms with Gasteiger partial charge in [-0.2, -0.15) is 0 Å². The van der Waals surface area contributed by atoms with Gasteiger partial charge in [0.05, 0.1) is 6.04 Å². The first-order valence-corrected chi connectivity index (χ1v) is 6.35. The van der Waals surface area contributed by atoms with Crippen molar-refractivity contribution in [3.63, 3.8) is 0 Å². The van der Waals surface area contributed by atoms with Crippen LogP contribution in [-0.2, 0) is 0 Å². The zero-order valence-electron chi connectivity index (χ0n) is 11.2. The maximum atomic E-state index is 13.4. The summed E-state index contributed by atoms with van der Waals surface area (Å²) < 4.78 is 13.4. The van der Waals surface area contributed by atoms with E-state index in [9.17, 15) is 9.18 Å². The van der Waals surface area contributed by atoms with Crippen LogP contribution in [0.25, 0.3) is 0 Å². The molecular formula is C14H21FN2O. The zero-order chi connectivity index (χ0) is 13.5. The number of hydrogen-bond acceptors (Lipinski definition) is 1. The molecular weight excluding hydrogens is 231 g/mol. The summed E-state index contributed by atoms with van der Waals surface area (Å²) in [5.74, 6) is -0.243. The molecule has 2 amide bonds. The largest absolute Gasteiger partial charge is 0.338 e. The van der Waals surface area contributed by atoms with Crippen LogP contribution in [0.1, 0.15) is 43.9 Å². The lowest BCUT2D eigenvalue weighted by Crippen LogP contribution is -2.37. The molecule has 0 spiro atoms. The van der Waals surface area contributed by atoms with Crippen molar-refractivity contribution in [3.05, 3.63) is 35.1 Å². The Hall–Kier alpha value is -1.58. The Balaban J connectivity index is 2.51. The van der Waals surface area contributed by atoms with Crippen molar-refractivity contribution in [2.75, 3.05) is 6.54 Å². The maximum absolute atomic E-state index is 13.4. The highest BCUT2D eigenvalue weighted by Gasteiger charge is 2.10. The summed E-state index contributed by atoms with van der Waals surface area (Å²) in [6.45, 7) is 6.28. The molecule has 0 aromatic heterocycles. The van der Waals surface area contributed by atoms with Gasteiger partial charge in [0.25, 0.3) is 0 Å². The summed E-state index contributed by atoms with van der Waals surface area (Å²) in [7, 11) is 0. The van der Waals surface area contributed by atoms with E-state index in [-0.39, 0.29) is 17.9 Å². The molecule has 2 N–H and O–H groups in total. The highest BCUT2D eigenvalue weighted by Crippen LogP contribution is 2.15. The molecule has 0 bridgehead atoms. The standard InChI is InChI=1S/C14H21FN2O/c1-4-5-8-16-14(18)17-11(3)12-7-6-10(2)13(15)9-12/h6-7,9,11H,4-5,8H2,1-3H3,(H2,16,17,18). The summed E-state index contributed by atoms with van der Waals surface area (Å²) in [6.07, 6.45) is 2.00. The first-order valence-electron chi connectivity index (χ1n) is 6.35. The van der Waals surface area contributed by atoms with Gasteiger partial charge in [0.15, 0.2) is 0 Å². The summed E-state index contributed by atoms with van der Waals surface area (Å²) in [5, 5.41) is 5.55. The second-order valence-corrected chi connectivity index (χ2v) is 4.48. The predicted molar refractivity (Wildman–Crippen MR) is 71.0 cm³/mol. The van der Waals surface area contributed by atoms with Gasteiger partial charge >= 0.3 is 6.03 Å². The summed E-state index contributed by atoms with van der Waals surface area (Å²) in [5.41, 5.74) is 1.38. The van der Waals surface area contributed by atoms with Crippen molar-refractivity contribution in [2.24, 2.45) is 0 Å². The van der Waals surface area contributed by atoms with E-state index >= 15 is 0 Å². The number of carbonyl (C=O) groups excluding carboxylic acids is 1. The van der Waals surface area contributed by atoms with E-state index in [0.717, 1.165) is 18.4 Å². The molecule has 1 rings (SSSR count). The van der Waals surface area contributed by atoms with Crippen LogP contribution in [0.5, 0.6) is 0 Å². The fourth-order valence-corrected chi connectivity index (χ4v) is 1.59. The Labute approximate surface area is 108 Å². The number of benzene rings is 1. The first-order chi connectivity index (χ1) is 8.54. The van der Waals surface area contributed by atoms with Gasteiger partial charge in [-0.05, 0) is 37.5 Å². The Kier molecular flexibility index (Phi) is 5.62. The van der Waals surface area contributed by atoms with Gasteiger partial charge in [-0.25, -0.2) is 9.18 Å². The number of nitrogens with one attached hydrogen (secondary N) is 2. The van der Waals surface area contributed by atoms with Crippen LogP contribution in [0, 0.1) is 12.7 Å². The van der Waals surface area contributed by atoms with Gasteiger partial charge in [-0.15, -0.1) is 0 Å². The number of unbranched alkanes of at least 4 members (excludes halogenated alkanes) is 1. The minimum atomic E-state index is -0.243. The monoisotopic (exact) mass is 252 g/mol. The van der Waals surface area contributed by atoms with Crippen molar-refractivity contribution in [1.82, 2.24) is 10.6 Å². The molecule has 0 fully saturated rings. The van der Waals surface area contributed by atoms with Crippen molar-refractivity contribution >= 4 is 6.03 Å². The third-order valence-electron chi connectivity index (χ3n) is 2.86. The van der Waals surface area contributed by atoms with E-state index in [1.807, 2.05) is 13.0 Å². The third kappa shape index (κ3) is 4.35. The fourth-order valence-electron chi connectivity index (χ4n) is 1.59. The van der Waals surface area contributed by atoms with E-state index in [1.165, 1.54) is 6.07 Å². The minimum absolute atomic E-state index is 0.207. The number of halogens is 1. The quantitative estimate of drug-likeness (QED) is 0.776. The minimum Gasteiger partial charge on any atom is -0.338 e. The summed E-state index contributed by atoms with van der Waals surface area (Å²) >= 11 is 0. The molecule has 4 heteroatoms. The average Bonchev–Trinajstić information content (AvgIpc) is 2.33. The number of amides is 2. The van der Waals surface area contributed by atoms with Crippen LogP contribution in [0.2, 0.25) is 0 Å². The number of rotatable bonds is 5. The van der Waals surface area contributed by atoms with E-state index in [4.69, 9.17) is 0 Å².